The maximum atomic E-state index is 13.2. The normalized spacial score (nSPS) is 13.2. The fraction of sp³-hybridized carbons (Fsp3) is 0.286. The van der Waals surface area contributed by atoms with E-state index in [1.54, 1.807) is 0 Å². The number of ether oxygens (including phenoxy) is 1. The number of primary amides is 1. The van der Waals surface area contributed by atoms with E-state index in [4.69, 9.17) is 22.1 Å². The second kappa shape index (κ2) is 6.16. The first-order valence-corrected chi connectivity index (χ1v) is 7.59. The SMILES string of the molecule is CC(C(N)=O)n1nnc2ccc(Oc3nn(C)c(Cl)c3C(F)(F)F)cc21. The Balaban J connectivity index is 2.04. The molecule has 3 aromatic rings. The van der Waals surface area contributed by atoms with E-state index in [-0.39, 0.29) is 5.75 Å². The van der Waals surface area contributed by atoms with Gasteiger partial charge in [-0.25, -0.2) is 4.68 Å². The van der Waals surface area contributed by atoms with Gasteiger partial charge in [0.1, 0.15) is 22.5 Å². The van der Waals surface area contributed by atoms with Crippen LogP contribution in [0.15, 0.2) is 18.2 Å². The lowest BCUT2D eigenvalue weighted by Gasteiger charge is -2.10. The number of hydrogen-bond acceptors (Lipinski definition) is 5. The Hall–Kier alpha value is -2.82. The van der Waals surface area contributed by atoms with Crippen LogP contribution >= 0.6 is 11.6 Å². The van der Waals surface area contributed by atoms with Crippen LogP contribution < -0.4 is 10.5 Å². The van der Waals surface area contributed by atoms with E-state index >= 15 is 0 Å². The van der Waals surface area contributed by atoms with Crippen molar-refractivity contribution in [3.8, 4) is 11.6 Å². The summed E-state index contributed by atoms with van der Waals surface area (Å²) in [7, 11) is 1.27. The number of alkyl halides is 3. The van der Waals surface area contributed by atoms with E-state index < -0.39 is 34.7 Å². The van der Waals surface area contributed by atoms with Crippen LogP contribution in [0.2, 0.25) is 5.15 Å². The summed E-state index contributed by atoms with van der Waals surface area (Å²) in [5.74, 6) is -1.29. The summed E-state index contributed by atoms with van der Waals surface area (Å²) in [5.41, 5.74) is 4.86. The summed E-state index contributed by atoms with van der Waals surface area (Å²) < 4.78 is 47.0. The summed E-state index contributed by atoms with van der Waals surface area (Å²) in [5, 5.41) is 10.8. The van der Waals surface area contributed by atoms with Crippen LogP contribution in [0.1, 0.15) is 18.5 Å². The number of fused-ring (bicyclic) bond motifs is 1. The molecular weight excluding hydrogens is 377 g/mol. The minimum absolute atomic E-state index is 0.0398. The lowest BCUT2D eigenvalue weighted by atomic mass is 10.2. The standard InChI is InChI=1S/C14H12ClF3N6O2/c1-6(12(19)25)24-9-5-7(3-4-8(9)20-22-24)26-13-10(14(16,17)18)11(15)23(2)21-13/h3-6H,1-2H3,(H2,19,25). The van der Waals surface area contributed by atoms with E-state index in [9.17, 15) is 18.0 Å². The van der Waals surface area contributed by atoms with Gasteiger partial charge in [-0.3, -0.25) is 9.48 Å². The fourth-order valence-corrected chi connectivity index (χ4v) is 2.51. The van der Waals surface area contributed by atoms with Gasteiger partial charge in [-0.05, 0) is 19.1 Å². The van der Waals surface area contributed by atoms with Crippen molar-refractivity contribution in [2.75, 3.05) is 0 Å². The number of halogens is 4. The molecule has 0 spiro atoms. The Morgan fingerprint density at radius 2 is 2.08 bits per heavy atom. The number of benzene rings is 1. The topological polar surface area (TPSA) is 101 Å². The molecule has 0 radical (unpaired) electrons. The summed E-state index contributed by atoms with van der Waals surface area (Å²) in [4.78, 5) is 11.4. The van der Waals surface area contributed by atoms with Crippen molar-refractivity contribution in [1.82, 2.24) is 24.8 Å². The quantitative estimate of drug-likeness (QED) is 0.740. The van der Waals surface area contributed by atoms with Crippen LogP contribution in [0.25, 0.3) is 11.0 Å². The molecular formula is C14H12ClF3N6O2. The van der Waals surface area contributed by atoms with Crippen molar-refractivity contribution < 1.29 is 22.7 Å². The van der Waals surface area contributed by atoms with Gasteiger partial charge >= 0.3 is 6.18 Å². The predicted octanol–water partition coefficient (Wildman–Crippen LogP) is 2.68. The van der Waals surface area contributed by atoms with Gasteiger partial charge in [0.15, 0.2) is 5.56 Å². The van der Waals surface area contributed by atoms with Crippen molar-refractivity contribution >= 4 is 28.5 Å². The van der Waals surface area contributed by atoms with Crippen molar-refractivity contribution in [3.63, 3.8) is 0 Å². The average molecular weight is 389 g/mol. The third kappa shape index (κ3) is 3.05. The highest BCUT2D eigenvalue weighted by molar-refractivity contribution is 6.30. The third-order valence-corrected chi connectivity index (χ3v) is 4.10. The van der Waals surface area contributed by atoms with Crippen molar-refractivity contribution in [3.05, 3.63) is 28.9 Å². The molecule has 2 N–H and O–H groups in total. The van der Waals surface area contributed by atoms with Crippen molar-refractivity contribution in [1.29, 1.82) is 0 Å². The molecule has 0 saturated carbocycles. The second-order valence-corrected chi connectivity index (χ2v) is 5.82. The Labute approximate surface area is 149 Å². The first-order valence-electron chi connectivity index (χ1n) is 7.21. The highest BCUT2D eigenvalue weighted by atomic mass is 35.5. The molecule has 3 rings (SSSR count). The molecule has 2 aromatic heterocycles. The first-order chi connectivity index (χ1) is 12.1. The lowest BCUT2D eigenvalue weighted by Crippen LogP contribution is -2.24. The zero-order chi connectivity index (χ0) is 19.2. The van der Waals surface area contributed by atoms with Gasteiger partial charge in [-0.2, -0.15) is 13.2 Å². The van der Waals surface area contributed by atoms with E-state index in [2.05, 4.69) is 15.4 Å². The van der Waals surface area contributed by atoms with Crippen LogP contribution in [0, 0.1) is 0 Å². The molecule has 1 atom stereocenters. The molecule has 12 heteroatoms. The number of nitrogens with zero attached hydrogens (tertiary/aromatic N) is 5. The Kier molecular flexibility index (Phi) is 4.26. The molecule has 138 valence electrons. The number of amides is 1. The van der Waals surface area contributed by atoms with Gasteiger partial charge in [0.05, 0.1) is 5.52 Å². The second-order valence-electron chi connectivity index (χ2n) is 5.46. The third-order valence-electron chi connectivity index (χ3n) is 3.66. The number of hydrogen-bond donors (Lipinski definition) is 1. The van der Waals surface area contributed by atoms with Gasteiger partial charge in [-0.1, -0.05) is 16.8 Å². The van der Waals surface area contributed by atoms with Crippen molar-refractivity contribution in [2.24, 2.45) is 12.8 Å². The molecule has 8 nitrogen and oxygen atoms in total. The van der Waals surface area contributed by atoms with E-state index in [1.165, 1.54) is 36.9 Å². The predicted molar refractivity (Wildman–Crippen MR) is 84.7 cm³/mol. The molecule has 0 bridgehead atoms. The minimum atomic E-state index is -4.74. The summed E-state index contributed by atoms with van der Waals surface area (Å²) >= 11 is 5.67. The molecule has 1 unspecified atom stereocenters. The van der Waals surface area contributed by atoms with Gasteiger partial charge < -0.3 is 10.5 Å². The van der Waals surface area contributed by atoms with Crippen LogP contribution in [-0.4, -0.2) is 30.7 Å². The maximum absolute atomic E-state index is 13.2. The molecule has 2 heterocycles. The maximum Gasteiger partial charge on any atom is 0.424 e. The van der Waals surface area contributed by atoms with Crippen LogP contribution in [-0.2, 0) is 18.0 Å². The van der Waals surface area contributed by atoms with E-state index in [0.717, 1.165) is 4.68 Å². The van der Waals surface area contributed by atoms with E-state index in [1.807, 2.05) is 0 Å². The van der Waals surface area contributed by atoms with Crippen molar-refractivity contribution in [2.45, 2.75) is 19.1 Å². The highest BCUT2D eigenvalue weighted by Gasteiger charge is 2.41. The number of carbonyl (C=O) groups excluding carboxylic acids is 1. The largest absolute Gasteiger partial charge is 0.437 e. The minimum Gasteiger partial charge on any atom is -0.437 e. The molecule has 0 saturated heterocycles. The smallest absolute Gasteiger partial charge is 0.424 e. The van der Waals surface area contributed by atoms with Crippen LogP contribution in [0.5, 0.6) is 11.6 Å². The monoisotopic (exact) mass is 388 g/mol. The number of rotatable bonds is 4. The molecule has 26 heavy (non-hydrogen) atoms. The highest BCUT2D eigenvalue weighted by Crippen LogP contribution is 2.42. The number of nitrogens with two attached hydrogens (primary N) is 1. The van der Waals surface area contributed by atoms with Crippen LogP contribution in [0.4, 0.5) is 13.2 Å². The molecule has 1 amide bonds. The molecule has 0 aliphatic rings. The zero-order valence-electron chi connectivity index (χ0n) is 13.5. The van der Waals surface area contributed by atoms with E-state index in [0.29, 0.717) is 11.0 Å². The Morgan fingerprint density at radius 1 is 1.38 bits per heavy atom. The summed E-state index contributed by atoms with van der Waals surface area (Å²) in [6.07, 6.45) is -4.74. The lowest BCUT2D eigenvalue weighted by molar-refractivity contribution is -0.138. The molecule has 0 aliphatic heterocycles. The Morgan fingerprint density at radius 3 is 2.69 bits per heavy atom. The number of carbonyl (C=O) groups is 1. The zero-order valence-corrected chi connectivity index (χ0v) is 14.2. The molecule has 1 aromatic carbocycles. The van der Waals surface area contributed by atoms with Gasteiger partial charge in [0.2, 0.25) is 5.91 Å². The van der Waals surface area contributed by atoms with Gasteiger partial charge in [-0.15, -0.1) is 10.2 Å². The fourth-order valence-electron chi connectivity index (χ4n) is 2.29. The molecule has 0 fully saturated rings. The number of aromatic nitrogens is 5. The first kappa shape index (κ1) is 18.0. The summed E-state index contributed by atoms with van der Waals surface area (Å²) in [6.45, 7) is 1.52. The average Bonchev–Trinajstić information content (AvgIpc) is 3.07. The number of aryl methyl sites for hydroxylation is 1. The Bertz CT molecular complexity index is 997. The van der Waals surface area contributed by atoms with Gasteiger partial charge in [0.25, 0.3) is 5.88 Å². The van der Waals surface area contributed by atoms with Gasteiger partial charge in [0, 0.05) is 13.1 Å². The summed E-state index contributed by atoms with van der Waals surface area (Å²) in [6, 6.07) is 3.47. The molecule has 0 aliphatic carbocycles. The van der Waals surface area contributed by atoms with Crippen LogP contribution in [0.3, 0.4) is 0 Å².